The van der Waals surface area contributed by atoms with E-state index in [2.05, 4.69) is 5.32 Å². The number of nitrogens with one attached hydrogen (secondary N) is 1. The van der Waals surface area contributed by atoms with Crippen LogP contribution in [0.3, 0.4) is 0 Å². The van der Waals surface area contributed by atoms with Crippen LogP contribution in [0.15, 0.2) is 18.2 Å². The second kappa shape index (κ2) is 3.43. The van der Waals surface area contributed by atoms with Crippen molar-refractivity contribution in [3.05, 3.63) is 29.6 Å². The van der Waals surface area contributed by atoms with Crippen molar-refractivity contribution in [3.8, 4) is 5.75 Å². The van der Waals surface area contributed by atoms with E-state index in [0.29, 0.717) is 5.75 Å². The fraction of sp³-hybridized carbons (Fsp3) is 0.500. The topological polar surface area (TPSA) is 47.3 Å². The predicted octanol–water partition coefficient (Wildman–Crippen LogP) is 1.34. The summed E-state index contributed by atoms with van der Waals surface area (Å²) in [5.41, 5.74) is 6.85. The van der Waals surface area contributed by atoms with Crippen LogP contribution in [-0.4, -0.2) is 18.7 Å². The summed E-state index contributed by atoms with van der Waals surface area (Å²) in [6.07, 6.45) is 1.76. The van der Waals surface area contributed by atoms with Crippen molar-refractivity contribution < 1.29 is 9.13 Å². The third-order valence-electron chi connectivity index (χ3n) is 3.64. The van der Waals surface area contributed by atoms with E-state index in [4.69, 9.17) is 10.5 Å². The molecule has 1 fully saturated rings. The maximum atomic E-state index is 13.1. The van der Waals surface area contributed by atoms with Gasteiger partial charge in [-0.05, 0) is 19.2 Å². The number of rotatable bonds is 0. The zero-order valence-electron chi connectivity index (χ0n) is 9.00. The Balaban J connectivity index is 1.98. The lowest BCUT2D eigenvalue weighted by Gasteiger charge is -2.36. The van der Waals surface area contributed by atoms with Crippen molar-refractivity contribution in [1.29, 1.82) is 0 Å². The average molecular weight is 222 g/mol. The standard InChI is InChI=1S/C12H15FN2O/c13-8-1-2-9-10(7-8)16-12(11(9)14)3-5-15-6-4-12/h1-2,7,11,15H,3-6,14H2/t11-/m1/s1. The summed E-state index contributed by atoms with van der Waals surface area (Å²) in [6, 6.07) is 4.49. The van der Waals surface area contributed by atoms with E-state index in [9.17, 15) is 4.39 Å². The van der Waals surface area contributed by atoms with Crippen molar-refractivity contribution in [2.24, 2.45) is 5.73 Å². The fourth-order valence-electron chi connectivity index (χ4n) is 2.68. The Hall–Kier alpha value is -1.13. The first-order chi connectivity index (χ1) is 7.71. The van der Waals surface area contributed by atoms with Gasteiger partial charge in [-0.1, -0.05) is 6.07 Å². The van der Waals surface area contributed by atoms with Gasteiger partial charge < -0.3 is 15.8 Å². The summed E-state index contributed by atoms with van der Waals surface area (Å²) >= 11 is 0. The highest BCUT2D eigenvalue weighted by atomic mass is 19.1. The molecule has 1 saturated heterocycles. The van der Waals surface area contributed by atoms with Gasteiger partial charge in [0.25, 0.3) is 0 Å². The lowest BCUT2D eigenvalue weighted by atomic mass is 9.84. The molecule has 86 valence electrons. The minimum absolute atomic E-state index is 0.134. The molecule has 3 rings (SSSR count). The molecule has 0 aromatic heterocycles. The summed E-state index contributed by atoms with van der Waals surface area (Å²) < 4.78 is 19.0. The van der Waals surface area contributed by atoms with E-state index in [0.717, 1.165) is 31.5 Å². The molecule has 3 nitrogen and oxygen atoms in total. The molecule has 2 heterocycles. The SMILES string of the molecule is N[C@@H]1c2ccc(F)cc2OC12CCNCC2. The number of benzene rings is 1. The lowest BCUT2D eigenvalue weighted by molar-refractivity contribution is 0.0368. The quantitative estimate of drug-likeness (QED) is 0.696. The number of nitrogens with two attached hydrogens (primary N) is 1. The second-order valence-corrected chi connectivity index (χ2v) is 4.58. The van der Waals surface area contributed by atoms with E-state index in [1.165, 1.54) is 12.1 Å². The Bertz CT molecular complexity index is 415. The molecule has 0 aliphatic carbocycles. The smallest absolute Gasteiger partial charge is 0.131 e. The third kappa shape index (κ3) is 1.33. The first-order valence-electron chi connectivity index (χ1n) is 5.66. The molecule has 1 aromatic carbocycles. The molecule has 4 heteroatoms. The first kappa shape index (κ1) is 10.1. The summed E-state index contributed by atoms with van der Waals surface area (Å²) in [5, 5.41) is 3.28. The van der Waals surface area contributed by atoms with Crippen molar-refractivity contribution >= 4 is 0 Å². The van der Waals surface area contributed by atoms with Crippen LogP contribution in [0.25, 0.3) is 0 Å². The van der Waals surface area contributed by atoms with Gasteiger partial charge in [0.1, 0.15) is 17.2 Å². The van der Waals surface area contributed by atoms with Gasteiger partial charge in [0.2, 0.25) is 0 Å². The summed E-state index contributed by atoms with van der Waals surface area (Å²) in [7, 11) is 0. The van der Waals surface area contributed by atoms with Gasteiger partial charge in [0.15, 0.2) is 0 Å². The summed E-state index contributed by atoms with van der Waals surface area (Å²) in [4.78, 5) is 0. The molecule has 0 radical (unpaired) electrons. The highest BCUT2D eigenvalue weighted by Crippen LogP contribution is 2.46. The molecule has 16 heavy (non-hydrogen) atoms. The minimum Gasteiger partial charge on any atom is -0.485 e. The highest BCUT2D eigenvalue weighted by molar-refractivity contribution is 5.43. The van der Waals surface area contributed by atoms with Crippen molar-refractivity contribution in [2.75, 3.05) is 13.1 Å². The van der Waals surface area contributed by atoms with Crippen LogP contribution in [0.4, 0.5) is 4.39 Å². The molecule has 1 aromatic rings. The Morgan fingerprint density at radius 2 is 2.12 bits per heavy atom. The molecule has 2 aliphatic heterocycles. The van der Waals surface area contributed by atoms with Gasteiger partial charge in [-0.15, -0.1) is 0 Å². The molecule has 0 amide bonds. The van der Waals surface area contributed by atoms with E-state index in [1.54, 1.807) is 6.07 Å². The zero-order chi connectivity index (χ0) is 11.2. The molecule has 1 spiro atoms. The first-order valence-corrected chi connectivity index (χ1v) is 5.66. The van der Waals surface area contributed by atoms with Crippen LogP contribution in [0.5, 0.6) is 5.75 Å². The lowest BCUT2D eigenvalue weighted by Crippen LogP contribution is -2.50. The van der Waals surface area contributed by atoms with Crippen molar-refractivity contribution in [1.82, 2.24) is 5.32 Å². The molecular weight excluding hydrogens is 207 g/mol. The van der Waals surface area contributed by atoms with Crippen LogP contribution in [0.2, 0.25) is 0 Å². The number of halogens is 1. The molecule has 0 unspecified atom stereocenters. The van der Waals surface area contributed by atoms with Gasteiger partial charge >= 0.3 is 0 Å². The Kier molecular flexibility index (Phi) is 2.16. The Morgan fingerprint density at radius 1 is 1.38 bits per heavy atom. The van der Waals surface area contributed by atoms with Crippen molar-refractivity contribution in [3.63, 3.8) is 0 Å². The van der Waals surface area contributed by atoms with Crippen LogP contribution < -0.4 is 15.8 Å². The molecule has 3 N–H and O–H groups in total. The number of hydrogen-bond acceptors (Lipinski definition) is 3. The average Bonchev–Trinajstić information content (AvgIpc) is 2.53. The molecular formula is C12H15FN2O. The number of piperidine rings is 1. The molecule has 0 saturated carbocycles. The van der Waals surface area contributed by atoms with Crippen LogP contribution >= 0.6 is 0 Å². The van der Waals surface area contributed by atoms with E-state index in [-0.39, 0.29) is 17.5 Å². The van der Waals surface area contributed by atoms with Crippen LogP contribution in [0, 0.1) is 5.82 Å². The van der Waals surface area contributed by atoms with E-state index in [1.807, 2.05) is 0 Å². The number of fused-ring (bicyclic) bond motifs is 1. The number of hydrogen-bond donors (Lipinski definition) is 2. The van der Waals surface area contributed by atoms with E-state index >= 15 is 0 Å². The highest BCUT2D eigenvalue weighted by Gasteiger charge is 2.47. The maximum absolute atomic E-state index is 13.1. The fourth-order valence-corrected chi connectivity index (χ4v) is 2.68. The normalized spacial score (nSPS) is 26.5. The van der Waals surface area contributed by atoms with Gasteiger partial charge in [-0.3, -0.25) is 0 Å². The third-order valence-corrected chi connectivity index (χ3v) is 3.64. The maximum Gasteiger partial charge on any atom is 0.131 e. The molecule has 0 bridgehead atoms. The van der Waals surface area contributed by atoms with Crippen LogP contribution in [-0.2, 0) is 0 Å². The summed E-state index contributed by atoms with van der Waals surface area (Å²) in [6.45, 7) is 1.81. The van der Waals surface area contributed by atoms with E-state index < -0.39 is 0 Å². The monoisotopic (exact) mass is 222 g/mol. The van der Waals surface area contributed by atoms with Gasteiger partial charge in [-0.25, -0.2) is 4.39 Å². The number of ether oxygens (including phenoxy) is 1. The minimum atomic E-state index is -0.318. The molecule has 1 atom stereocenters. The predicted molar refractivity (Wildman–Crippen MR) is 58.8 cm³/mol. The van der Waals surface area contributed by atoms with Gasteiger partial charge in [0.05, 0.1) is 6.04 Å². The largest absolute Gasteiger partial charge is 0.485 e. The molecule has 2 aliphatic rings. The zero-order valence-corrected chi connectivity index (χ0v) is 9.00. The van der Waals surface area contributed by atoms with Gasteiger partial charge in [0, 0.05) is 24.5 Å². The summed E-state index contributed by atoms with van der Waals surface area (Å²) in [5.74, 6) is 0.353. The van der Waals surface area contributed by atoms with Gasteiger partial charge in [-0.2, -0.15) is 0 Å². The van der Waals surface area contributed by atoms with Crippen LogP contribution in [0.1, 0.15) is 24.4 Å². The van der Waals surface area contributed by atoms with Crippen molar-refractivity contribution in [2.45, 2.75) is 24.5 Å². The second-order valence-electron chi connectivity index (χ2n) is 4.58. The Labute approximate surface area is 93.8 Å². The Morgan fingerprint density at radius 3 is 2.88 bits per heavy atom.